The zero-order valence-electron chi connectivity index (χ0n) is 8.26. The van der Waals surface area contributed by atoms with E-state index < -0.39 is 0 Å². The second kappa shape index (κ2) is 3.94. The molecule has 3 heteroatoms. The maximum absolute atomic E-state index is 5.62. The van der Waals surface area contributed by atoms with Gasteiger partial charge in [0, 0.05) is 11.4 Å². The Balaban J connectivity index is 2.84. The van der Waals surface area contributed by atoms with Gasteiger partial charge in [0.15, 0.2) is 0 Å². The van der Waals surface area contributed by atoms with Crippen LogP contribution in [-0.2, 0) is 0 Å². The standard InChI is InChI=1S/C10H15N3/c1-7(2)12-13-10-5-4-9(11)6-8(10)3/h4-6,13H,11H2,1-3H3. The molecule has 0 aromatic heterocycles. The van der Waals surface area contributed by atoms with Crippen LogP contribution in [0.5, 0.6) is 0 Å². The van der Waals surface area contributed by atoms with Crippen LogP contribution in [0, 0.1) is 6.92 Å². The summed E-state index contributed by atoms with van der Waals surface area (Å²) in [7, 11) is 0. The maximum Gasteiger partial charge on any atom is 0.0592 e. The number of rotatable bonds is 2. The highest BCUT2D eigenvalue weighted by molar-refractivity contribution is 5.80. The normalized spacial score (nSPS) is 9.46. The molecule has 0 aliphatic rings. The molecule has 1 aromatic carbocycles. The Morgan fingerprint density at radius 2 is 2.08 bits per heavy atom. The minimum atomic E-state index is 0.778. The summed E-state index contributed by atoms with van der Waals surface area (Å²) in [6.07, 6.45) is 0. The van der Waals surface area contributed by atoms with Gasteiger partial charge in [-0.1, -0.05) is 0 Å². The number of hydrogen-bond donors (Lipinski definition) is 2. The van der Waals surface area contributed by atoms with Crippen molar-refractivity contribution < 1.29 is 0 Å². The van der Waals surface area contributed by atoms with Crippen LogP contribution in [0.1, 0.15) is 19.4 Å². The minimum Gasteiger partial charge on any atom is -0.399 e. The van der Waals surface area contributed by atoms with E-state index in [1.807, 2.05) is 39.0 Å². The number of benzene rings is 1. The van der Waals surface area contributed by atoms with Gasteiger partial charge in [-0.25, -0.2) is 0 Å². The molecule has 3 nitrogen and oxygen atoms in total. The lowest BCUT2D eigenvalue weighted by molar-refractivity contribution is 1.29. The summed E-state index contributed by atoms with van der Waals surface area (Å²) >= 11 is 0. The summed E-state index contributed by atoms with van der Waals surface area (Å²) in [5, 5.41) is 4.11. The van der Waals surface area contributed by atoms with Crippen molar-refractivity contribution in [2.24, 2.45) is 5.10 Å². The molecule has 3 N–H and O–H groups in total. The van der Waals surface area contributed by atoms with Crippen LogP contribution in [0.3, 0.4) is 0 Å². The molecule has 0 spiro atoms. The average Bonchev–Trinajstić information content (AvgIpc) is 2.02. The number of aryl methyl sites for hydroxylation is 1. The zero-order valence-corrected chi connectivity index (χ0v) is 8.26. The first-order chi connectivity index (χ1) is 6.09. The second-order valence-corrected chi connectivity index (χ2v) is 3.25. The molecule has 13 heavy (non-hydrogen) atoms. The fourth-order valence-electron chi connectivity index (χ4n) is 0.984. The molecule has 0 unspecified atom stereocenters. The molecule has 0 radical (unpaired) electrons. The lowest BCUT2D eigenvalue weighted by Crippen LogP contribution is -1.96. The lowest BCUT2D eigenvalue weighted by atomic mass is 10.2. The van der Waals surface area contributed by atoms with Crippen molar-refractivity contribution >= 4 is 17.1 Å². The largest absolute Gasteiger partial charge is 0.399 e. The Kier molecular flexibility index (Phi) is 2.90. The van der Waals surface area contributed by atoms with Crippen molar-refractivity contribution in [2.45, 2.75) is 20.8 Å². The Labute approximate surface area is 78.6 Å². The molecule has 0 fully saturated rings. The number of nitrogen functional groups attached to an aromatic ring is 1. The summed E-state index contributed by atoms with van der Waals surface area (Å²) < 4.78 is 0. The van der Waals surface area contributed by atoms with Crippen LogP contribution in [-0.4, -0.2) is 5.71 Å². The number of nitrogens with one attached hydrogen (secondary N) is 1. The number of nitrogens with two attached hydrogens (primary N) is 1. The van der Waals surface area contributed by atoms with Crippen molar-refractivity contribution in [3.05, 3.63) is 23.8 Å². The summed E-state index contributed by atoms with van der Waals surface area (Å²) in [5.41, 5.74) is 12.5. The number of hydrazone groups is 1. The quantitative estimate of drug-likeness (QED) is 0.414. The van der Waals surface area contributed by atoms with Crippen LogP contribution < -0.4 is 11.2 Å². The van der Waals surface area contributed by atoms with E-state index in [1.165, 1.54) is 0 Å². The minimum absolute atomic E-state index is 0.778. The van der Waals surface area contributed by atoms with Gasteiger partial charge in [-0.05, 0) is 44.5 Å². The van der Waals surface area contributed by atoms with Gasteiger partial charge in [-0.15, -0.1) is 0 Å². The predicted octanol–water partition coefficient (Wildman–Crippen LogP) is 2.38. The summed E-state index contributed by atoms with van der Waals surface area (Å²) in [4.78, 5) is 0. The Bertz CT molecular complexity index is 325. The van der Waals surface area contributed by atoms with E-state index in [9.17, 15) is 0 Å². The Morgan fingerprint density at radius 1 is 1.38 bits per heavy atom. The summed E-state index contributed by atoms with van der Waals surface area (Å²) in [5.74, 6) is 0. The molecule has 1 aromatic rings. The molecule has 0 saturated heterocycles. The Hall–Kier alpha value is -1.51. The van der Waals surface area contributed by atoms with E-state index in [1.54, 1.807) is 0 Å². The molecule has 0 aliphatic heterocycles. The molecule has 70 valence electrons. The van der Waals surface area contributed by atoms with Gasteiger partial charge in [0.1, 0.15) is 0 Å². The monoisotopic (exact) mass is 177 g/mol. The molecule has 0 heterocycles. The highest BCUT2D eigenvalue weighted by atomic mass is 15.3. The van der Waals surface area contributed by atoms with Crippen molar-refractivity contribution in [1.82, 2.24) is 0 Å². The van der Waals surface area contributed by atoms with Gasteiger partial charge in [0.2, 0.25) is 0 Å². The van der Waals surface area contributed by atoms with Crippen molar-refractivity contribution in [2.75, 3.05) is 11.2 Å². The van der Waals surface area contributed by atoms with Crippen molar-refractivity contribution in [3.8, 4) is 0 Å². The molecular formula is C10H15N3. The van der Waals surface area contributed by atoms with Crippen molar-refractivity contribution in [3.63, 3.8) is 0 Å². The van der Waals surface area contributed by atoms with Gasteiger partial charge in [0.25, 0.3) is 0 Å². The fraction of sp³-hybridized carbons (Fsp3) is 0.300. The highest BCUT2D eigenvalue weighted by Gasteiger charge is 1.95. The lowest BCUT2D eigenvalue weighted by Gasteiger charge is -2.05. The topological polar surface area (TPSA) is 50.4 Å². The molecule has 0 amide bonds. The smallest absolute Gasteiger partial charge is 0.0592 e. The number of hydrogen-bond acceptors (Lipinski definition) is 3. The highest BCUT2D eigenvalue weighted by Crippen LogP contribution is 2.17. The van der Waals surface area contributed by atoms with E-state index in [0.717, 1.165) is 22.6 Å². The molecule has 0 atom stereocenters. The van der Waals surface area contributed by atoms with Crippen LogP contribution in [0.2, 0.25) is 0 Å². The average molecular weight is 177 g/mol. The summed E-state index contributed by atoms with van der Waals surface area (Å²) in [6.45, 7) is 5.89. The van der Waals surface area contributed by atoms with E-state index in [0.29, 0.717) is 0 Å². The molecule has 0 bridgehead atoms. The Morgan fingerprint density at radius 3 is 2.62 bits per heavy atom. The third-order valence-electron chi connectivity index (χ3n) is 1.65. The first-order valence-electron chi connectivity index (χ1n) is 4.22. The first kappa shape index (κ1) is 9.58. The van der Waals surface area contributed by atoms with Crippen LogP contribution in [0.25, 0.3) is 0 Å². The summed E-state index contributed by atoms with van der Waals surface area (Å²) in [6, 6.07) is 5.70. The van der Waals surface area contributed by atoms with Gasteiger partial charge in [0.05, 0.1) is 5.69 Å². The van der Waals surface area contributed by atoms with E-state index >= 15 is 0 Å². The van der Waals surface area contributed by atoms with Crippen LogP contribution in [0.4, 0.5) is 11.4 Å². The maximum atomic E-state index is 5.62. The van der Waals surface area contributed by atoms with Gasteiger partial charge in [-0.3, -0.25) is 5.43 Å². The predicted molar refractivity (Wildman–Crippen MR) is 58.0 cm³/mol. The molecule has 0 saturated carbocycles. The van der Waals surface area contributed by atoms with E-state index in [2.05, 4.69) is 10.5 Å². The first-order valence-corrected chi connectivity index (χ1v) is 4.22. The SMILES string of the molecule is CC(C)=NNc1ccc(N)cc1C. The molecule has 0 aliphatic carbocycles. The van der Waals surface area contributed by atoms with Gasteiger partial charge >= 0.3 is 0 Å². The number of nitrogens with zero attached hydrogens (tertiary/aromatic N) is 1. The third kappa shape index (κ3) is 2.78. The van der Waals surface area contributed by atoms with E-state index in [4.69, 9.17) is 5.73 Å². The van der Waals surface area contributed by atoms with Crippen LogP contribution >= 0.6 is 0 Å². The molecule has 1 rings (SSSR count). The van der Waals surface area contributed by atoms with Gasteiger partial charge in [-0.2, -0.15) is 5.10 Å². The third-order valence-corrected chi connectivity index (χ3v) is 1.65. The zero-order chi connectivity index (χ0) is 9.84. The fourth-order valence-corrected chi connectivity index (χ4v) is 0.984. The second-order valence-electron chi connectivity index (χ2n) is 3.25. The van der Waals surface area contributed by atoms with Gasteiger partial charge < -0.3 is 5.73 Å². The van der Waals surface area contributed by atoms with Crippen molar-refractivity contribution in [1.29, 1.82) is 0 Å². The molecular weight excluding hydrogens is 162 g/mol. The number of anilines is 2. The van der Waals surface area contributed by atoms with Crippen LogP contribution in [0.15, 0.2) is 23.3 Å². The van der Waals surface area contributed by atoms with E-state index in [-0.39, 0.29) is 0 Å².